The summed E-state index contributed by atoms with van der Waals surface area (Å²) in [5.74, 6) is 0.334. The third-order valence-corrected chi connectivity index (χ3v) is 4.83. The molecular weight excluding hydrogens is 352 g/mol. The fourth-order valence-electron chi connectivity index (χ4n) is 2.37. The number of rotatable bonds is 5. The number of carbonyl (C=O) groups excluding carboxylic acids is 2. The van der Waals surface area contributed by atoms with E-state index in [-0.39, 0.29) is 18.4 Å². The maximum Gasteiger partial charge on any atom is 0.266 e. The van der Waals surface area contributed by atoms with Gasteiger partial charge in [0.25, 0.3) is 5.91 Å². The monoisotopic (exact) mass is 370 g/mol. The predicted octanol–water partition coefficient (Wildman–Crippen LogP) is 3.13. The summed E-state index contributed by atoms with van der Waals surface area (Å²) < 4.78 is 4.90. The van der Waals surface area contributed by atoms with Crippen LogP contribution in [-0.2, 0) is 4.79 Å². The summed E-state index contributed by atoms with van der Waals surface area (Å²) in [4.78, 5) is 31.1. The molecule has 1 aromatic carbocycles. The van der Waals surface area contributed by atoms with Crippen molar-refractivity contribution in [1.82, 2.24) is 15.0 Å². The van der Waals surface area contributed by atoms with Crippen molar-refractivity contribution in [2.75, 3.05) is 18.9 Å². The van der Waals surface area contributed by atoms with Gasteiger partial charge < -0.3 is 14.7 Å². The number of likely N-dealkylation sites (N-methyl/N-ethyl adjacent to an activating group) is 1. The fraction of sp³-hybridized carbons (Fsp3) is 0.222. The van der Waals surface area contributed by atoms with Crippen LogP contribution in [0.1, 0.15) is 21.1 Å². The van der Waals surface area contributed by atoms with Gasteiger partial charge in [0.05, 0.1) is 12.2 Å². The first-order valence-electron chi connectivity index (χ1n) is 7.95. The number of aryl methyl sites for hydroxylation is 2. The molecule has 2 amide bonds. The first-order valence-corrected chi connectivity index (χ1v) is 8.77. The Bertz CT molecular complexity index is 933. The van der Waals surface area contributed by atoms with E-state index in [4.69, 9.17) is 4.52 Å². The lowest BCUT2D eigenvalue weighted by Crippen LogP contribution is -2.34. The van der Waals surface area contributed by atoms with E-state index >= 15 is 0 Å². The number of hydrogen-bond acceptors (Lipinski definition) is 6. The zero-order valence-electron chi connectivity index (χ0n) is 14.6. The topological polar surface area (TPSA) is 88.3 Å². The fourth-order valence-corrected chi connectivity index (χ4v) is 3.43. The molecule has 2 heterocycles. The van der Waals surface area contributed by atoms with Crippen LogP contribution in [0.2, 0.25) is 0 Å². The third-order valence-electron chi connectivity index (χ3n) is 3.63. The molecule has 0 fully saturated rings. The van der Waals surface area contributed by atoms with Gasteiger partial charge in [-0.1, -0.05) is 35.5 Å². The Morgan fingerprint density at radius 2 is 1.96 bits per heavy atom. The highest BCUT2D eigenvalue weighted by Crippen LogP contribution is 2.28. The van der Waals surface area contributed by atoms with E-state index in [0.29, 0.717) is 22.1 Å². The molecule has 1 N–H and O–H groups in total. The van der Waals surface area contributed by atoms with Crippen molar-refractivity contribution in [3.63, 3.8) is 0 Å². The third kappa shape index (κ3) is 3.97. The van der Waals surface area contributed by atoms with Crippen LogP contribution in [-0.4, -0.2) is 40.4 Å². The highest BCUT2D eigenvalue weighted by atomic mass is 32.1. The Kier molecular flexibility index (Phi) is 5.13. The average molecular weight is 370 g/mol. The quantitative estimate of drug-likeness (QED) is 0.745. The molecule has 0 spiro atoms. The van der Waals surface area contributed by atoms with Crippen LogP contribution in [0.4, 0.5) is 5.82 Å². The molecule has 0 atom stereocenters. The molecule has 7 nitrogen and oxygen atoms in total. The summed E-state index contributed by atoms with van der Waals surface area (Å²) in [6.45, 7) is 3.43. The molecule has 0 unspecified atom stereocenters. The molecule has 0 aliphatic rings. The number of anilines is 1. The van der Waals surface area contributed by atoms with Gasteiger partial charge in [-0.05, 0) is 13.8 Å². The molecule has 0 aliphatic carbocycles. The Morgan fingerprint density at radius 1 is 1.23 bits per heavy atom. The lowest BCUT2D eigenvalue weighted by atomic mass is 10.2. The van der Waals surface area contributed by atoms with E-state index in [2.05, 4.69) is 15.5 Å². The average Bonchev–Trinajstić information content (AvgIpc) is 3.20. The number of nitrogens with one attached hydrogen (secondary N) is 1. The number of carbonyl (C=O) groups is 2. The van der Waals surface area contributed by atoms with Gasteiger partial charge in [0.1, 0.15) is 15.6 Å². The van der Waals surface area contributed by atoms with Crippen LogP contribution < -0.4 is 5.32 Å². The van der Waals surface area contributed by atoms with E-state index in [0.717, 1.165) is 10.6 Å². The summed E-state index contributed by atoms with van der Waals surface area (Å²) in [6, 6.07) is 11.3. The molecule has 3 aromatic rings. The maximum atomic E-state index is 12.7. The summed E-state index contributed by atoms with van der Waals surface area (Å²) in [7, 11) is 1.58. The Morgan fingerprint density at radius 3 is 2.62 bits per heavy atom. The minimum absolute atomic E-state index is 0.0945. The Balaban J connectivity index is 1.68. The Hall–Kier alpha value is -3.00. The van der Waals surface area contributed by atoms with Crippen molar-refractivity contribution in [1.29, 1.82) is 0 Å². The minimum atomic E-state index is -0.348. The molecule has 3 rings (SSSR count). The Labute approximate surface area is 154 Å². The number of nitrogens with zero attached hydrogens (tertiary/aromatic N) is 3. The summed E-state index contributed by atoms with van der Waals surface area (Å²) in [5, 5.41) is 7.07. The van der Waals surface area contributed by atoms with E-state index in [1.807, 2.05) is 30.3 Å². The van der Waals surface area contributed by atoms with Gasteiger partial charge in [-0.25, -0.2) is 4.98 Å². The summed E-state index contributed by atoms with van der Waals surface area (Å²) in [6.07, 6.45) is 0. The van der Waals surface area contributed by atoms with Crippen molar-refractivity contribution in [2.45, 2.75) is 13.8 Å². The molecular formula is C18H18N4O3S. The lowest BCUT2D eigenvalue weighted by Gasteiger charge is -2.15. The van der Waals surface area contributed by atoms with Crippen molar-refractivity contribution in [3.05, 3.63) is 52.7 Å². The second-order valence-electron chi connectivity index (χ2n) is 5.83. The van der Waals surface area contributed by atoms with Crippen LogP contribution in [0.15, 0.2) is 40.9 Å². The largest absolute Gasteiger partial charge is 0.360 e. The molecule has 0 bridgehead atoms. The van der Waals surface area contributed by atoms with Crippen LogP contribution in [0.5, 0.6) is 0 Å². The van der Waals surface area contributed by atoms with Crippen molar-refractivity contribution in [3.8, 4) is 10.6 Å². The minimum Gasteiger partial charge on any atom is -0.360 e. The van der Waals surface area contributed by atoms with E-state index < -0.39 is 0 Å². The van der Waals surface area contributed by atoms with Crippen molar-refractivity contribution in [2.24, 2.45) is 0 Å². The van der Waals surface area contributed by atoms with Crippen molar-refractivity contribution >= 4 is 29.0 Å². The molecule has 0 radical (unpaired) electrons. The van der Waals surface area contributed by atoms with E-state index in [1.165, 1.54) is 16.2 Å². The smallest absolute Gasteiger partial charge is 0.266 e. The zero-order valence-corrected chi connectivity index (χ0v) is 15.5. The van der Waals surface area contributed by atoms with Crippen molar-refractivity contribution < 1.29 is 14.1 Å². The number of amides is 2. The first kappa shape index (κ1) is 17.8. The number of aromatic nitrogens is 2. The van der Waals surface area contributed by atoms with Crippen LogP contribution in [0.25, 0.3) is 10.6 Å². The van der Waals surface area contributed by atoms with E-state index in [9.17, 15) is 9.59 Å². The molecule has 0 aliphatic heterocycles. The SMILES string of the molecule is Cc1cc(NC(=O)CN(C)C(=O)c2sc(-c3ccccc3)nc2C)no1. The number of thiazole rings is 1. The van der Waals surface area contributed by atoms with Crippen LogP contribution >= 0.6 is 11.3 Å². The van der Waals surface area contributed by atoms with Crippen LogP contribution in [0, 0.1) is 13.8 Å². The standard InChI is InChI=1S/C18H18N4O3S/c1-11-9-14(21-25-11)20-15(23)10-22(3)18(24)16-12(2)19-17(26-16)13-7-5-4-6-8-13/h4-9H,10H2,1-3H3,(H,20,21,23). The van der Waals surface area contributed by atoms with E-state index in [1.54, 1.807) is 27.0 Å². The molecule has 134 valence electrons. The molecule has 0 saturated heterocycles. The second kappa shape index (κ2) is 7.49. The normalized spacial score (nSPS) is 10.6. The highest BCUT2D eigenvalue weighted by molar-refractivity contribution is 7.17. The maximum absolute atomic E-state index is 12.7. The van der Waals surface area contributed by atoms with Gasteiger partial charge >= 0.3 is 0 Å². The van der Waals surface area contributed by atoms with Gasteiger partial charge in [-0.2, -0.15) is 0 Å². The first-order chi connectivity index (χ1) is 12.4. The molecule has 2 aromatic heterocycles. The number of benzene rings is 1. The van der Waals surface area contributed by atoms with Gasteiger partial charge in [0.15, 0.2) is 5.82 Å². The zero-order chi connectivity index (χ0) is 18.7. The van der Waals surface area contributed by atoms with Gasteiger partial charge in [0.2, 0.25) is 5.91 Å². The number of hydrogen-bond donors (Lipinski definition) is 1. The van der Waals surface area contributed by atoms with Crippen LogP contribution in [0.3, 0.4) is 0 Å². The molecule has 0 saturated carbocycles. The summed E-state index contributed by atoms with van der Waals surface area (Å²) in [5.41, 5.74) is 1.61. The molecule has 26 heavy (non-hydrogen) atoms. The highest BCUT2D eigenvalue weighted by Gasteiger charge is 2.21. The van der Waals surface area contributed by atoms with Gasteiger partial charge in [-0.15, -0.1) is 11.3 Å². The predicted molar refractivity (Wildman–Crippen MR) is 99.1 cm³/mol. The second-order valence-corrected chi connectivity index (χ2v) is 6.83. The molecule has 8 heteroatoms. The summed E-state index contributed by atoms with van der Waals surface area (Å²) >= 11 is 1.32. The van der Waals surface area contributed by atoms with Gasteiger partial charge in [0, 0.05) is 18.7 Å². The lowest BCUT2D eigenvalue weighted by molar-refractivity contribution is -0.116. The van der Waals surface area contributed by atoms with Gasteiger partial charge in [-0.3, -0.25) is 9.59 Å².